The molecule has 0 fully saturated rings. The number of hydrogen-bond acceptors (Lipinski definition) is 5. The van der Waals surface area contributed by atoms with Gasteiger partial charge in [-0.3, -0.25) is 19.8 Å². The van der Waals surface area contributed by atoms with Crippen LogP contribution in [-0.4, -0.2) is 29.2 Å². The van der Waals surface area contributed by atoms with Crippen LogP contribution in [-0.2, 0) is 16.1 Å². The van der Waals surface area contributed by atoms with Crippen molar-refractivity contribution in [2.75, 3.05) is 17.5 Å². The highest BCUT2D eigenvalue weighted by Gasteiger charge is 2.22. The molecule has 12 heteroatoms. The minimum atomic E-state index is -0.979. The lowest BCUT2D eigenvalue weighted by Crippen LogP contribution is -2.39. The van der Waals surface area contributed by atoms with Crippen LogP contribution in [0.4, 0.5) is 5.69 Å². The van der Waals surface area contributed by atoms with E-state index in [2.05, 4.69) is 16.1 Å². The van der Waals surface area contributed by atoms with E-state index in [9.17, 15) is 14.4 Å². The smallest absolute Gasteiger partial charge is 0.328 e. The van der Waals surface area contributed by atoms with E-state index in [4.69, 9.17) is 44.3 Å². The molecule has 0 saturated carbocycles. The van der Waals surface area contributed by atoms with Crippen molar-refractivity contribution in [3.63, 3.8) is 0 Å². The summed E-state index contributed by atoms with van der Waals surface area (Å²) < 4.78 is 11.8. The number of benzene rings is 3. The molecule has 0 bridgehead atoms. The number of amides is 3. The Labute approximate surface area is 225 Å². The van der Waals surface area contributed by atoms with E-state index in [-0.39, 0.29) is 19.0 Å². The normalized spacial score (nSPS) is 11.9. The van der Waals surface area contributed by atoms with E-state index in [0.29, 0.717) is 48.7 Å². The number of anilines is 1. The fraction of sp³-hybridized carbons (Fsp3) is 0.0800. The molecule has 3 N–H and O–H groups in total. The molecule has 0 aliphatic carbocycles. The van der Waals surface area contributed by atoms with E-state index in [1.165, 1.54) is 28.9 Å². The number of nitrogens with one attached hydrogen (secondary N) is 3. The second kappa shape index (κ2) is 10.2. The summed E-state index contributed by atoms with van der Waals surface area (Å²) in [5.41, 5.74) is 4.05. The summed E-state index contributed by atoms with van der Waals surface area (Å²) in [6, 6.07) is 16.2. The van der Waals surface area contributed by atoms with Gasteiger partial charge in [0, 0.05) is 32.7 Å². The first kappa shape index (κ1) is 24.8. The van der Waals surface area contributed by atoms with Crippen LogP contribution < -0.4 is 25.5 Å². The van der Waals surface area contributed by atoms with Crippen LogP contribution in [0.15, 0.2) is 60.7 Å². The number of fused-ring (bicyclic) bond motifs is 2. The monoisotopic (exact) mass is 558 g/mol. The molecule has 0 saturated heterocycles. The largest absolute Gasteiger partial charge is 0.454 e. The molecule has 3 amide bonds. The maximum Gasteiger partial charge on any atom is 0.328 e. The maximum atomic E-state index is 13.1. The Morgan fingerprint density at radius 2 is 1.57 bits per heavy atom. The van der Waals surface area contributed by atoms with Crippen LogP contribution in [0.1, 0.15) is 16.1 Å². The van der Waals surface area contributed by atoms with Crippen molar-refractivity contribution in [1.29, 1.82) is 0 Å². The summed E-state index contributed by atoms with van der Waals surface area (Å²) >= 11 is 18.2. The average Bonchev–Trinajstić information content (AvgIpc) is 3.45. The van der Waals surface area contributed by atoms with Gasteiger partial charge in [-0.2, -0.15) is 0 Å². The van der Waals surface area contributed by atoms with Crippen LogP contribution in [0.5, 0.6) is 11.5 Å². The molecule has 1 aromatic heterocycles. The maximum absolute atomic E-state index is 13.1. The number of hydrogen-bond donors (Lipinski definition) is 3. The van der Waals surface area contributed by atoms with Gasteiger partial charge in [0.15, 0.2) is 11.5 Å². The summed E-state index contributed by atoms with van der Waals surface area (Å²) in [7, 11) is 0. The predicted octanol–water partition coefficient (Wildman–Crippen LogP) is 4.97. The minimum Gasteiger partial charge on any atom is -0.454 e. The zero-order chi connectivity index (χ0) is 26.1. The predicted molar refractivity (Wildman–Crippen MR) is 140 cm³/mol. The molecule has 1 aliphatic rings. The Bertz CT molecular complexity index is 1550. The summed E-state index contributed by atoms with van der Waals surface area (Å²) in [6.45, 7) is 0.206. The van der Waals surface area contributed by atoms with Crippen molar-refractivity contribution in [2.45, 2.75) is 6.54 Å². The van der Waals surface area contributed by atoms with Crippen LogP contribution in [0, 0.1) is 0 Å². The fourth-order valence-electron chi connectivity index (χ4n) is 3.76. The van der Waals surface area contributed by atoms with Crippen molar-refractivity contribution in [1.82, 2.24) is 9.99 Å². The lowest BCUT2D eigenvalue weighted by molar-refractivity contribution is -0.136. The standard InChI is InChI=1S/C25H17Cl3N4O5/c26-15-2-3-19-14(6-15)7-20(23(33)30-18-9-16(27)8-17(28)10-18)32(19)31-25(35)24(34)29-11-13-1-4-21-22(5-13)37-12-36-21/h1-10H,11-12H2,(H,29,34)(H,30,33)(H,31,35). The van der Waals surface area contributed by atoms with Crippen molar-refractivity contribution in [3.8, 4) is 11.5 Å². The topological polar surface area (TPSA) is 111 Å². The van der Waals surface area contributed by atoms with Crippen molar-refractivity contribution < 1.29 is 23.9 Å². The van der Waals surface area contributed by atoms with E-state index in [1.807, 2.05) is 0 Å². The lowest BCUT2D eigenvalue weighted by atomic mass is 10.2. The summed E-state index contributed by atoms with van der Waals surface area (Å²) in [5.74, 6) is -1.29. The van der Waals surface area contributed by atoms with Crippen LogP contribution in [0.3, 0.4) is 0 Å². The average molecular weight is 560 g/mol. The molecule has 0 radical (unpaired) electrons. The number of carbonyl (C=O) groups is 3. The SMILES string of the molecule is O=C(NCc1ccc2c(c1)OCO2)C(=O)Nn1c(C(=O)Nc2cc(Cl)cc(Cl)c2)cc2cc(Cl)ccc21. The summed E-state index contributed by atoms with van der Waals surface area (Å²) in [6.07, 6.45) is 0. The van der Waals surface area contributed by atoms with Crippen molar-refractivity contribution >= 4 is 69.1 Å². The third kappa shape index (κ3) is 5.43. The fourth-order valence-corrected chi connectivity index (χ4v) is 4.47. The van der Waals surface area contributed by atoms with Gasteiger partial charge >= 0.3 is 11.8 Å². The van der Waals surface area contributed by atoms with Crippen LogP contribution in [0.25, 0.3) is 10.9 Å². The van der Waals surface area contributed by atoms with E-state index >= 15 is 0 Å². The molecule has 2 heterocycles. The van der Waals surface area contributed by atoms with Gasteiger partial charge in [0.1, 0.15) is 5.69 Å². The van der Waals surface area contributed by atoms with Crippen molar-refractivity contribution in [3.05, 3.63) is 87.0 Å². The Morgan fingerprint density at radius 3 is 2.35 bits per heavy atom. The highest BCUT2D eigenvalue weighted by atomic mass is 35.5. The number of rotatable bonds is 5. The van der Waals surface area contributed by atoms with Crippen molar-refractivity contribution in [2.24, 2.45) is 0 Å². The Morgan fingerprint density at radius 1 is 0.811 bits per heavy atom. The molecule has 3 aromatic carbocycles. The first-order valence-electron chi connectivity index (χ1n) is 10.8. The Kier molecular flexibility index (Phi) is 6.84. The van der Waals surface area contributed by atoms with Gasteiger partial charge in [0.2, 0.25) is 6.79 Å². The van der Waals surface area contributed by atoms with E-state index in [0.717, 1.165) is 0 Å². The number of aromatic nitrogens is 1. The molecule has 5 rings (SSSR count). The molecular weight excluding hydrogens is 543 g/mol. The quantitative estimate of drug-likeness (QED) is 0.299. The Balaban J connectivity index is 1.35. The molecule has 4 aromatic rings. The van der Waals surface area contributed by atoms with Gasteiger partial charge in [-0.15, -0.1) is 0 Å². The molecule has 0 unspecified atom stereocenters. The Hall–Kier alpha value is -3.92. The first-order valence-corrected chi connectivity index (χ1v) is 12.0. The highest BCUT2D eigenvalue weighted by molar-refractivity contribution is 6.38. The molecular formula is C25H17Cl3N4O5. The number of carbonyl (C=O) groups excluding carboxylic acids is 3. The zero-order valence-electron chi connectivity index (χ0n) is 18.8. The molecule has 188 valence electrons. The van der Waals surface area contributed by atoms with Gasteiger partial charge in [-0.25, -0.2) is 4.68 Å². The summed E-state index contributed by atoms with van der Waals surface area (Å²) in [5, 5.41) is 6.92. The molecule has 1 aliphatic heterocycles. The second-order valence-corrected chi connectivity index (χ2v) is 9.30. The second-order valence-electron chi connectivity index (χ2n) is 7.99. The number of halogens is 3. The van der Waals surface area contributed by atoms with Gasteiger partial charge in [0.05, 0.1) is 5.52 Å². The molecule has 0 spiro atoms. The number of nitrogens with zero attached hydrogens (tertiary/aromatic N) is 1. The molecule has 0 atom stereocenters. The third-order valence-corrected chi connectivity index (χ3v) is 6.10. The molecule has 37 heavy (non-hydrogen) atoms. The summed E-state index contributed by atoms with van der Waals surface area (Å²) in [4.78, 5) is 38.5. The van der Waals surface area contributed by atoms with Gasteiger partial charge in [-0.1, -0.05) is 40.9 Å². The lowest BCUT2D eigenvalue weighted by Gasteiger charge is -2.13. The van der Waals surface area contributed by atoms with Crippen LogP contribution >= 0.6 is 34.8 Å². The molecule has 9 nitrogen and oxygen atoms in total. The third-order valence-electron chi connectivity index (χ3n) is 5.43. The van der Waals surface area contributed by atoms with E-state index in [1.54, 1.807) is 36.4 Å². The van der Waals surface area contributed by atoms with Crippen LogP contribution in [0.2, 0.25) is 15.1 Å². The minimum absolute atomic E-state index is 0.0466. The van der Waals surface area contributed by atoms with Gasteiger partial charge in [-0.05, 0) is 60.2 Å². The van der Waals surface area contributed by atoms with Gasteiger partial charge < -0.3 is 20.1 Å². The highest BCUT2D eigenvalue weighted by Crippen LogP contribution is 2.32. The first-order chi connectivity index (χ1) is 17.8. The zero-order valence-corrected chi connectivity index (χ0v) is 21.1. The van der Waals surface area contributed by atoms with Gasteiger partial charge in [0.25, 0.3) is 5.91 Å². The number of ether oxygens (including phenoxy) is 2. The van der Waals surface area contributed by atoms with E-state index < -0.39 is 17.7 Å².